The zero-order chi connectivity index (χ0) is 19.7. The van der Waals surface area contributed by atoms with Gasteiger partial charge in [-0.1, -0.05) is 68.8 Å². The van der Waals surface area contributed by atoms with Gasteiger partial charge in [-0.3, -0.25) is 4.18 Å². The molecule has 1 saturated carbocycles. The standard InChI is InChI=1S/C23H30O3S/c1-17-10-13-20(14-11-17)27(24,25)26-22-16-19(23(2,3)4)12-15-21(22)18-8-6-5-7-9-18/h5-11,13-14,19,21-22H,12,15-16H2,1-4H3/t19-,21-,22+/m1/s1. The molecule has 146 valence electrons. The Morgan fingerprint density at radius 3 is 2.15 bits per heavy atom. The van der Waals surface area contributed by atoms with Gasteiger partial charge in [0.2, 0.25) is 0 Å². The van der Waals surface area contributed by atoms with Gasteiger partial charge in [-0.25, -0.2) is 0 Å². The molecule has 0 bridgehead atoms. The normalized spacial score (nSPS) is 23.9. The smallest absolute Gasteiger partial charge is 0.262 e. The third kappa shape index (κ3) is 4.80. The summed E-state index contributed by atoms with van der Waals surface area (Å²) in [7, 11) is -3.79. The quantitative estimate of drug-likeness (QED) is 0.633. The Morgan fingerprint density at radius 1 is 0.926 bits per heavy atom. The molecular formula is C23H30O3S. The molecule has 3 nitrogen and oxygen atoms in total. The van der Waals surface area contributed by atoms with Crippen molar-refractivity contribution in [2.24, 2.45) is 11.3 Å². The van der Waals surface area contributed by atoms with E-state index >= 15 is 0 Å². The molecular weight excluding hydrogens is 356 g/mol. The molecule has 1 fully saturated rings. The predicted octanol–water partition coefficient (Wildman–Crippen LogP) is 5.70. The van der Waals surface area contributed by atoms with Gasteiger partial charge < -0.3 is 0 Å². The molecule has 4 heteroatoms. The van der Waals surface area contributed by atoms with E-state index in [1.54, 1.807) is 12.1 Å². The molecule has 3 atom stereocenters. The van der Waals surface area contributed by atoms with Crippen LogP contribution in [0.4, 0.5) is 0 Å². The van der Waals surface area contributed by atoms with Gasteiger partial charge in [0.25, 0.3) is 10.1 Å². The van der Waals surface area contributed by atoms with Gasteiger partial charge in [0, 0.05) is 5.92 Å². The zero-order valence-corrected chi connectivity index (χ0v) is 17.5. The second-order valence-electron chi connectivity index (χ2n) is 8.80. The van der Waals surface area contributed by atoms with Gasteiger partial charge in [0.15, 0.2) is 0 Å². The van der Waals surface area contributed by atoms with Crippen LogP contribution in [0.5, 0.6) is 0 Å². The number of aryl methyl sites for hydroxylation is 1. The van der Waals surface area contributed by atoms with Crippen LogP contribution in [0, 0.1) is 18.3 Å². The van der Waals surface area contributed by atoms with Gasteiger partial charge in [-0.2, -0.15) is 8.42 Å². The molecule has 2 aromatic rings. The summed E-state index contributed by atoms with van der Waals surface area (Å²) in [5, 5.41) is 0. The summed E-state index contributed by atoms with van der Waals surface area (Å²) in [6.07, 6.45) is 2.46. The highest BCUT2D eigenvalue weighted by Crippen LogP contribution is 2.45. The highest BCUT2D eigenvalue weighted by Gasteiger charge is 2.39. The molecule has 0 radical (unpaired) electrons. The van der Waals surface area contributed by atoms with Crippen LogP contribution in [0.2, 0.25) is 0 Å². The van der Waals surface area contributed by atoms with Crippen LogP contribution in [-0.4, -0.2) is 14.5 Å². The lowest BCUT2D eigenvalue weighted by Crippen LogP contribution is -2.36. The monoisotopic (exact) mass is 386 g/mol. The second-order valence-corrected chi connectivity index (χ2v) is 10.4. The van der Waals surface area contributed by atoms with E-state index in [0.717, 1.165) is 30.4 Å². The van der Waals surface area contributed by atoms with Gasteiger partial charge in [0.05, 0.1) is 11.0 Å². The average Bonchev–Trinajstić information content (AvgIpc) is 2.62. The highest BCUT2D eigenvalue weighted by molar-refractivity contribution is 7.86. The molecule has 1 aliphatic carbocycles. The van der Waals surface area contributed by atoms with Crippen LogP contribution >= 0.6 is 0 Å². The van der Waals surface area contributed by atoms with Gasteiger partial charge in [-0.15, -0.1) is 0 Å². The largest absolute Gasteiger partial charge is 0.297 e. The minimum atomic E-state index is -3.79. The second kappa shape index (κ2) is 7.76. The summed E-state index contributed by atoms with van der Waals surface area (Å²) in [6, 6.07) is 17.1. The van der Waals surface area contributed by atoms with Crippen molar-refractivity contribution in [3.8, 4) is 0 Å². The SMILES string of the molecule is Cc1ccc(S(=O)(=O)O[C@H]2C[C@H](C(C)(C)C)CC[C@@H]2c2ccccc2)cc1. The van der Waals surface area contributed by atoms with E-state index in [-0.39, 0.29) is 22.3 Å². The Bertz CT molecular complexity index is 849. The molecule has 1 aliphatic rings. The average molecular weight is 387 g/mol. The fraction of sp³-hybridized carbons (Fsp3) is 0.478. The van der Waals surface area contributed by atoms with Crippen LogP contribution in [-0.2, 0) is 14.3 Å². The Hall–Kier alpha value is -1.65. The fourth-order valence-corrected chi connectivity index (χ4v) is 5.15. The third-order valence-electron chi connectivity index (χ3n) is 5.80. The van der Waals surface area contributed by atoms with Crippen LogP contribution in [0.15, 0.2) is 59.5 Å². The van der Waals surface area contributed by atoms with Crippen molar-refractivity contribution in [2.75, 3.05) is 0 Å². The minimum absolute atomic E-state index is 0.102. The molecule has 0 N–H and O–H groups in total. The third-order valence-corrected chi connectivity index (χ3v) is 7.15. The summed E-state index contributed by atoms with van der Waals surface area (Å²) in [5.41, 5.74) is 2.33. The van der Waals surface area contributed by atoms with Crippen molar-refractivity contribution in [1.29, 1.82) is 0 Å². The summed E-state index contributed by atoms with van der Waals surface area (Å²) >= 11 is 0. The van der Waals surface area contributed by atoms with Crippen LogP contribution in [0.25, 0.3) is 0 Å². The van der Waals surface area contributed by atoms with E-state index in [9.17, 15) is 8.42 Å². The van der Waals surface area contributed by atoms with E-state index in [4.69, 9.17) is 4.18 Å². The summed E-state index contributed by atoms with van der Waals surface area (Å²) in [6.45, 7) is 8.63. The van der Waals surface area contributed by atoms with Crippen molar-refractivity contribution >= 4 is 10.1 Å². The Labute approximate surface area is 163 Å². The minimum Gasteiger partial charge on any atom is -0.262 e. The van der Waals surface area contributed by atoms with E-state index in [1.807, 2.05) is 37.3 Å². The van der Waals surface area contributed by atoms with E-state index < -0.39 is 10.1 Å². The zero-order valence-electron chi connectivity index (χ0n) is 16.7. The lowest BCUT2D eigenvalue weighted by atomic mass is 9.67. The van der Waals surface area contributed by atoms with Gasteiger partial charge in [0.1, 0.15) is 0 Å². The van der Waals surface area contributed by atoms with Crippen molar-refractivity contribution in [2.45, 2.75) is 63.9 Å². The van der Waals surface area contributed by atoms with Crippen LogP contribution in [0.1, 0.15) is 57.1 Å². The first kappa shape index (κ1) is 20.1. The highest BCUT2D eigenvalue weighted by atomic mass is 32.2. The Balaban J connectivity index is 1.89. The molecule has 0 aliphatic heterocycles. The number of hydrogen-bond donors (Lipinski definition) is 0. The maximum absolute atomic E-state index is 12.9. The molecule has 27 heavy (non-hydrogen) atoms. The summed E-state index contributed by atoms with van der Waals surface area (Å²) in [4.78, 5) is 0.234. The molecule has 2 aromatic carbocycles. The van der Waals surface area contributed by atoms with Crippen molar-refractivity contribution in [3.63, 3.8) is 0 Å². The molecule has 3 rings (SSSR count). The molecule has 0 aromatic heterocycles. The summed E-state index contributed by atoms with van der Waals surface area (Å²) < 4.78 is 31.7. The topological polar surface area (TPSA) is 43.4 Å². The van der Waals surface area contributed by atoms with Crippen molar-refractivity contribution in [1.82, 2.24) is 0 Å². The maximum Gasteiger partial charge on any atom is 0.297 e. The lowest BCUT2D eigenvalue weighted by Gasteiger charge is -2.41. The van der Waals surface area contributed by atoms with Gasteiger partial charge >= 0.3 is 0 Å². The van der Waals surface area contributed by atoms with E-state index in [0.29, 0.717) is 5.92 Å². The van der Waals surface area contributed by atoms with Crippen LogP contribution < -0.4 is 0 Å². The number of rotatable bonds is 4. The Morgan fingerprint density at radius 2 is 1.56 bits per heavy atom. The fourth-order valence-electron chi connectivity index (χ4n) is 4.03. The molecule has 0 unspecified atom stereocenters. The first-order valence-electron chi connectivity index (χ1n) is 9.72. The first-order chi connectivity index (χ1) is 12.7. The Kier molecular flexibility index (Phi) is 5.78. The number of hydrogen-bond acceptors (Lipinski definition) is 3. The van der Waals surface area contributed by atoms with Gasteiger partial charge in [-0.05, 0) is 55.2 Å². The van der Waals surface area contributed by atoms with E-state index in [1.165, 1.54) is 0 Å². The molecule has 0 spiro atoms. The molecule has 0 amide bonds. The van der Waals surface area contributed by atoms with Crippen LogP contribution in [0.3, 0.4) is 0 Å². The molecule has 0 heterocycles. The predicted molar refractivity (Wildman–Crippen MR) is 109 cm³/mol. The van der Waals surface area contributed by atoms with Crippen molar-refractivity contribution < 1.29 is 12.6 Å². The lowest BCUT2D eigenvalue weighted by molar-refractivity contribution is 0.0612. The summed E-state index contributed by atoms with van der Waals surface area (Å²) in [5.74, 6) is 0.542. The molecule has 0 saturated heterocycles. The van der Waals surface area contributed by atoms with Crippen molar-refractivity contribution in [3.05, 3.63) is 65.7 Å². The number of benzene rings is 2. The maximum atomic E-state index is 12.9. The first-order valence-corrected chi connectivity index (χ1v) is 11.1. The van der Waals surface area contributed by atoms with E-state index in [2.05, 4.69) is 32.9 Å².